The maximum atomic E-state index is 3.48. The van der Waals surface area contributed by atoms with Gasteiger partial charge in [-0.2, -0.15) is 0 Å². The summed E-state index contributed by atoms with van der Waals surface area (Å²) in [5, 5.41) is 6.92. The van der Waals surface area contributed by atoms with E-state index >= 15 is 0 Å². The molecular formula is C8H16N2. The van der Waals surface area contributed by atoms with E-state index in [0.29, 0.717) is 5.41 Å². The lowest BCUT2D eigenvalue weighted by Gasteiger charge is -2.32. The van der Waals surface area contributed by atoms with Gasteiger partial charge in [-0.3, -0.25) is 0 Å². The monoisotopic (exact) mass is 140 g/mol. The van der Waals surface area contributed by atoms with E-state index in [0.717, 1.165) is 0 Å². The molecule has 0 aliphatic carbocycles. The Morgan fingerprint density at radius 1 is 0.900 bits per heavy atom. The highest BCUT2D eigenvalue weighted by Crippen LogP contribution is 2.31. The van der Waals surface area contributed by atoms with Gasteiger partial charge in [-0.1, -0.05) is 0 Å². The first-order valence-electron chi connectivity index (χ1n) is 4.33. The molecule has 0 aromatic carbocycles. The molecule has 0 aromatic heterocycles. The van der Waals surface area contributed by atoms with Crippen molar-refractivity contribution in [1.29, 1.82) is 0 Å². The molecule has 1 spiro atoms. The van der Waals surface area contributed by atoms with E-state index in [-0.39, 0.29) is 0 Å². The SMILES string of the molecule is C1CNCC2(C1)CCNC2. The van der Waals surface area contributed by atoms with Crippen molar-refractivity contribution in [3.63, 3.8) is 0 Å². The molecule has 10 heavy (non-hydrogen) atoms. The molecular weight excluding hydrogens is 124 g/mol. The van der Waals surface area contributed by atoms with Gasteiger partial charge in [0.05, 0.1) is 0 Å². The van der Waals surface area contributed by atoms with Crippen LogP contribution in [-0.2, 0) is 0 Å². The Hall–Kier alpha value is -0.0800. The Labute approximate surface area is 62.4 Å². The first-order chi connectivity index (χ1) is 4.91. The molecule has 2 aliphatic heterocycles. The molecule has 2 heterocycles. The summed E-state index contributed by atoms with van der Waals surface area (Å²) in [6, 6.07) is 0. The molecule has 2 heteroatoms. The smallest absolute Gasteiger partial charge is 0.00205 e. The van der Waals surface area contributed by atoms with Gasteiger partial charge in [-0.15, -0.1) is 0 Å². The van der Waals surface area contributed by atoms with Gasteiger partial charge in [0.2, 0.25) is 0 Å². The quantitative estimate of drug-likeness (QED) is 0.507. The van der Waals surface area contributed by atoms with E-state index in [9.17, 15) is 0 Å². The molecule has 0 saturated carbocycles. The molecule has 2 N–H and O–H groups in total. The average molecular weight is 140 g/mol. The van der Waals surface area contributed by atoms with Crippen LogP contribution in [0.25, 0.3) is 0 Å². The summed E-state index contributed by atoms with van der Waals surface area (Å²) in [5.41, 5.74) is 0.651. The minimum absolute atomic E-state index is 0.651. The Bertz CT molecular complexity index is 108. The molecule has 2 aliphatic rings. The lowest BCUT2D eigenvalue weighted by atomic mass is 9.80. The van der Waals surface area contributed by atoms with E-state index in [1.54, 1.807) is 0 Å². The van der Waals surface area contributed by atoms with Gasteiger partial charge in [0.25, 0.3) is 0 Å². The van der Waals surface area contributed by atoms with Gasteiger partial charge < -0.3 is 10.6 Å². The first-order valence-corrected chi connectivity index (χ1v) is 4.33. The fourth-order valence-electron chi connectivity index (χ4n) is 2.19. The Morgan fingerprint density at radius 3 is 2.20 bits per heavy atom. The van der Waals surface area contributed by atoms with Crippen LogP contribution in [0.4, 0.5) is 0 Å². The number of piperidine rings is 1. The molecule has 2 saturated heterocycles. The van der Waals surface area contributed by atoms with Gasteiger partial charge >= 0.3 is 0 Å². The number of hydrogen-bond donors (Lipinski definition) is 2. The zero-order valence-corrected chi connectivity index (χ0v) is 6.45. The number of hydrogen-bond acceptors (Lipinski definition) is 2. The molecule has 0 bridgehead atoms. The highest BCUT2D eigenvalue weighted by molar-refractivity contribution is 4.91. The normalized spacial score (nSPS) is 40.8. The van der Waals surface area contributed by atoms with Crippen LogP contribution in [-0.4, -0.2) is 26.2 Å². The van der Waals surface area contributed by atoms with Gasteiger partial charge in [0, 0.05) is 13.1 Å². The largest absolute Gasteiger partial charge is 0.316 e. The lowest BCUT2D eigenvalue weighted by Crippen LogP contribution is -2.41. The second-order valence-corrected chi connectivity index (χ2v) is 3.71. The van der Waals surface area contributed by atoms with Crippen molar-refractivity contribution in [2.24, 2.45) is 5.41 Å². The average Bonchev–Trinajstić information content (AvgIpc) is 2.39. The van der Waals surface area contributed by atoms with Gasteiger partial charge in [0.15, 0.2) is 0 Å². The van der Waals surface area contributed by atoms with Crippen molar-refractivity contribution in [3.8, 4) is 0 Å². The van der Waals surface area contributed by atoms with Crippen LogP contribution in [0.1, 0.15) is 19.3 Å². The summed E-state index contributed by atoms with van der Waals surface area (Å²) >= 11 is 0. The van der Waals surface area contributed by atoms with Crippen LogP contribution in [0.3, 0.4) is 0 Å². The van der Waals surface area contributed by atoms with Crippen LogP contribution in [0, 0.1) is 5.41 Å². The molecule has 0 aromatic rings. The predicted molar refractivity (Wildman–Crippen MR) is 42.0 cm³/mol. The van der Waals surface area contributed by atoms with Crippen LogP contribution in [0.15, 0.2) is 0 Å². The molecule has 0 amide bonds. The standard InChI is InChI=1S/C8H16N2/c1-2-8(6-9-4-1)3-5-10-7-8/h9-10H,1-7H2. The van der Waals surface area contributed by atoms with Crippen LogP contribution in [0.5, 0.6) is 0 Å². The zero-order valence-electron chi connectivity index (χ0n) is 6.45. The van der Waals surface area contributed by atoms with E-state index in [2.05, 4.69) is 10.6 Å². The van der Waals surface area contributed by atoms with Crippen LogP contribution >= 0.6 is 0 Å². The fourth-order valence-corrected chi connectivity index (χ4v) is 2.19. The van der Waals surface area contributed by atoms with Gasteiger partial charge in [0.1, 0.15) is 0 Å². The first kappa shape index (κ1) is 6.62. The highest BCUT2D eigenvalue weighted by Gasteiger charge is 2.34. The van der Waals surface area contributed by atoms with Gasteiger partial charge in [-0.25, -0.2) is 0 Å². The third kappa shape index (κ3) is 1.06. The zero-order chi connectivity index (χ0) is 6.86. The highest BCUT2D eigenvalue weighted by atomic mass is 15.0. The second kappa shape index (κ2) is 2.51. The Kier molecular flexibility index (Phi) is 1.66. The Morgan fingerprint density at radius 2 is 1.70 bits per heavy atom. The molecule has 0 radical (unpaired) electrons. The summed E-state index contributed by atoms with van der Waals surface area (Å²) < 4.78 is 0. The molecule has 2 rings (SSSR count). The molecule has 1 atom stereocenters. The van der Waals surface area contributed by atoms with E-state index in [1.807, 2.05) is 0 Å². The van der Waals surface area contributed by atoms with Crippen molar-refractivity contribution in [2.45, 2.75) is 19.3 Å². The summed E-state index contributed by atoms with van der Waals surface area (Å²) in [7, 11) is 0. The van der Waals surface area contributed by atoms with Crippen LogP contribution in [0.2, 0.25) is 0 Å². The molecule has 1 unspecified atom stereocenters. The van der Waals surface area contributed by atoms with Crippen molar-refractivity contribution >= 4 is 0 Å². The third-order valence-electron chi connectivity index (χ3n) is 2.89. The van der Waals surface area contributed by atoms with Crippen LogP contribution < -0.4 is 10.6 Å². The summed E-state index contributed by atoms with van der Waals surface area (Å²) in [6.07, 6.45) is 4.20. The summed E-state index contributed by atoms with van der Waals surface area (Å²) in [5.74, 6) is 0. The molecule has 2 nitrogen and oxygen atoms in total. The lowest BCUT2D eigenvalue weighted by molar-refractivity contribution is 0.236. The third-order valence-corrected chi connectivity index (χ3v) is 2.89. The van der Waals surface area contributed by atoms with E-state index < -0.39 is 0 Å². The summed E-state index contributed by atoms with van der Waals surface area (Å²) in [4.78, 5) is 0. The van der Waals surface area contributed by atoms with Crippen molar-refractivity contribution in [1.82, 2.24) is 10.6 Å². The maximum absolute atomic E-state index is 3.48. The van der Waals surface area contributed by atoms with E-state index in [4.69, 9.17) is 0 Å². The van der Waals surface area contributed by atoms with E-state index in [1.165, 1.54) is 45.4 Å². The minimum Gasteiger partial charge on any atom is -0.316 e. The number of rotatable bonds is 0. The van der Waals surface area contributed by atoms with Gasteiger partial charge in [-0.05, 0) is 37.8 Å². The predicted octanol–water partition coefficient (Wildman–Crippen LogP) is 0.349. The topological polar surface area (TPSA) is 24.1 Å². The maximum Gasteiger partial charge on any atom is 0.00205 e. The Balaban J connectivity index is 1.98. The minimum atomic E-state index is 0.651. The molecule has 58 valence electrons. The van der Waals surface area contributed by atoms with Crippen molar-refractivity contribution < 1.29 is 0 Å². The fraction of sp³-hybridized carbons (Fsp3) is 1.00. The molecule has 2 fully saturated rings. The van der Waals surface area contributed by atoms with Crippen molar-refractivity contribution in [3.05, 3.63) is 0 Å². The summed E-state index contributed by atoms with van der Waals surface area (Å²) in [6.45, 7) is 4.98. The second-order valence-electron chi connectivity index (χ2n) is 3.71. The number of nitrogens with one attached hydrogen (secondary N) is 2. The van der Waals surface area contributed by atoms with Crippen molar-refractivity contribution in [2.75, 3.05) is 26.2 Å².